The minimum atomic E-state index is -0.464. The van der Waals surface area contributed by atoms with E-state index in [-0.39, 0.29) is 5.69 Å². The van der Waals surface area contributed by atoms with Crippen molar-refractivity contribution in [2.24, 2.45) is 0 Å². The van der Waals surface area contributed by atoms with Crippen LogP contribution >= 0.6 is 27.5 Å². The fourth-order valence-corrected chi connectivity index (χ4v) is 1.99. The molecule has 1 aromatic carbocycles. The molecular weight excluding hydrogens is 271 g/mol. The third-order valence-corrected chi connectivity index (χ3v) is 2.43. The zero-order valence-electron chi connectivity index (χ0n) is 7.38. The molecule has 1 rings (SSSR count). The van der Waals surface area contributed by atoms with E-state index in [1.165, 1.54) is 6.07 Å². The smallest absolute Gasteiger partial charge is 0.294 e. The van der Waals surface area contributed by atoms with Gasteiger partial charge in [-0.25, -0.2) is 0 Å². The van der Waals surface area contributed by atoms with Crippen molar-refractivity contribution in [3.8, 4) is 0 Å². The molecule has 4 nitrogen and oxygen atoms in total. The van der Waals surface area contributed by atoms with Crippen LogP contribution < -0.4 is 5.32 Å². The molecular formula is C8H8BrClN2O2. The fourth-order valence-electron chi connectivity index (χ4n) is 1.06. The monoisotopic (exact) mass is 278 g/mol. The maximum atomic E-state index is 10.7. The van der Waals surface area contributed by atoms with Crippen LogP contribution in [0.4, 0.5) is 11.4 Å². The van der Waals surface area contributed by atoms with Gasteiger partial charge in [0.25, 0.3) is 5.69 Å². The topological polar surface area (TPSA) is 55.2 Å². The van der Waals surface area contributed by atoms with E-state index in [4.69, 9.17) is 11.6 Å². The normalized spacial score (nSPS) is 9.93. The predicted octanol–water partition coefficient (Wildman–Crippen LogP) is 3.44. The van der Waals surface area contributed by atoms with Gasteiger partial charge >= 0.3 is 0 Å². The number of nitrogens with zero attached hydrogens (tertiary/aromatic N) is 1. The first-order chi connectivity index (χ1) is 6.56. The van der Waals surface area contributed by atoms with Gasteiger partial charge in [0.05, 0.1) is 4.92 Å². The van der Waals surface area contributed by atoms with Crippen LogP contribution in [0.5, 0.6) is 0 Å². The molecule has 0 unspecified atom stereocenters. The zero-order chi connectivity index (χ0) is 10.7. The number of nitro groups is 1. The number of hydrogen-bond donors (Lipinski definition) is 1. The maximum absolute atomic E-state index is 10.7. The molecule has 0 spiro atoms. The first kappa shape index (κ1) is 11.3. The second kappa shape index (κ2) is 4.61. The van der Waals surface area contributed by atoms with Gasteiger partial charge in [-0.05, 0) is 28.9 Å². The predicted molar refractivity (Wildman–Crippen MR) is 60.0 cm³/mol. The van der Waals surface area contributed by atoms with Crippen LogP contribution in [0, 0.1) is 10.1 Å². The van der Waals surface area contributed by atoms with Gasteiger partial charge in [-0.3, -0.25) is 10.1 Å². The average Bonchev–Trinajstić information content (AvgIpc) is 2.09. The van der Waals surface area contributed by atoms with Crippen LogP contribution in [0.25, 0.3) is 0 Å². The molecule has 0 saturated heterocycles. The molecule has 0 aliphatic heterocycles. The van der Waals surface area contributed by atoms with E-state index < -0.39 is 4.92 Å². The summed E-state index contributed by atoms with van der Waals surface area (Å²) >= 11 is 8.92. The highest BCUT2D eigenvalue weighted by Crippen LogP contribution is 2.35. The van der Waals surface area contributed by atoms with Gasteiger partial charge in [0.1, 0.15) is 5.69 Å². The molecule has 0 bridgehead atoms. The number of nitrogens with one attached hydrogen (secondary N) is 1. The quantitative estimate of drug-likeness (QED) is 0.681. The second-order valence-electron chi connectivity index (χ2n) is 2.57. The van der Waals surface area contributed by atoms with Crippen molar-refractivity contribution >= 4 is 38.9 Å². The van der Waals surface area contributed by atoms with Crippen molar-refractivity contribution in [2.75, 3.05) is 11.9 Å². The number of halogens is 2. The average molecular weight is 280 g/mol. The Balaban J connectivity index is 3.28. The van der Waals surface area contributed by atoms with E-state index >= 15 is 0 Å². The molecule has 0 saturated carbocycles. The van der Waals surface area contributed by atoms with Crippen molar-refractivity contribution in [2.45, 2.75) is 6.92 Å². The SMILES string of the molecule is CCNc1c(Br)cc(Cl)cc1[N+](=O)[O-]. The molecule has 0 atom stereocenters. The van der Waals surface area contributed by atoms with Gasteiger partial charge in [0.15, 0.2) is 0 Å². The van der Waals surface area contributed by atoms with E-state index in [9.17, 15) is 10.1 Å². The van der Waals surface area contributed by atoms with Gasteiger partial charge in [0.2, 0.25) is 0 Å². The molecule has 0 aliphatic carbocycles. The molecule has 1 aromatic rings. The minimum Gasteiger partial charge on any atom is -0.379 e. The maximum Gasteiger partial charge on any atom is 0.294 e. The highest BCUT2D eigenvalue weighted by Gasteiger charge is 2.17. The van der Waals surface area contributed by atoms with Crippen molar-refractivity contribution in [3.63, 3.8) is 0 Å². The standard InChI is InChI=1S/C8H8BrClN2O2/c1-2-11-8-6(9)3-5(10)4-7(8)12(13)14/h3-4,11H,2H2,1H3. The summed E-state index contributed by atoms with van der Waals surface area (Å²) in [6, 6.07) is 2.94. The summed E-state index contributed by atoms with van der Waals surface area (Å²) in [7, 11) is 0. The fraction of sp³-hybridized carbons (Fsp3) is 0.250. The van der Waals surface area contributed by atoms with Gasteiger partial charge in [0, 0.05) is 22.1 Å². The molecule has 0 aromatic heterocycles. The lowest BCUT2D eigenvalue weighted by molar-refractivity contribution is -0.384. The minimum absolute atomic E-state index is 0.0220. The molecule has 0 radical (unpaired) electrons. The van der Waals surface area contributed by atoms with Crippen LogP contribution in [0.2, 0.25) is 5.02 Å². The second-order valence-corrected chi connectivity index (χ2v) is 3.86. The van der Waals surface area contributed by atoms with Crippen LogP contribution in [0.1, 0.15) is 6.92 Å². The highest BCUT2D eigenvalue weighted by atomic mass is 79.9. The summed E-state index contributed by atoms with van der Waals surface area (Å²) in [5.74, 6) is 0. The Morgan fingerprint density at radius 3 is 2.79 bits per heavy atom. The number of hydrogen-bond acceptors (Lipinski definition) is 3. The summed E-state index contributed by atoms with van der Waals surface area (Å²) in [6.07, 6.45) is 0. The molecule has 6 heteroatoms. The zero-order valence-corrected chi connectivity index (χ0v) is 9.72. The summed E-state index contributed by atoms with van der Waals surface area (Å²) in [5, 5.41) is 13.9. The molecule has 14 heavy (non-hydrogen) atoms. The Bertz CT molecular complexity index is 371. The third kappa shape index (κ3) is 2.36. The molecule has 0 amide bonds. The van der Waals surface area contributed by atoms with E-state index in [0.717, 1.165) is 0 Å². The van der Waals surface area contributed by atoms with E-state index in [1.807, 2.05) is 6.92 Å². The van der Waals surface area contributed by atoms with E-state index in [0.29, 0.717) is 21.7 Å². The lowest BCUT2D eigenvalue weighted by Crippen LogP contribution is -2.02. The van der Waals surface area contributed by atoms with Crippen LogP contribution in [0.15, 0.2) is 16.6 Å². The van der Waals surface area contributed by atoms with Crippen LogP contribution in [-0.2, 0) is 0 Å². The third-order valence-electron chi connectivity index (χ3n) is 1.58. The lowest BCUT2D eigenvalue weighted by atomic mass is 10.2. The largest absolute Gasteiger partial charge is 0.379 e. The molecule has 0 heterocycles. The van der Waals surface area contributed by atoms with Gasteiger partial charge < -0.3 is 5.32 Å². The summed E-state index contributed by atoms with van der Waals surface area (Å²) < 4.78 is 0.596. The lowest BCUT2D eigenvalue weighted by Gasteiger charge is -2.06. The Morgan fingerprint density at radius 2 is 2.29 bits per heavy atom. The Kier molecular flexibility index (Phi) is 3.71. The number of rotatable bonds is 3. The van der Waals surface area contributed by atoms with Crippen molar-refractivity contribution in [1.29, 1.82) is 0 Å². The van der Waals surface area contributed by atoms with Gasteiger partial charge in [-0.1, -0.05) is 11.6 Å². The van der Waals surface area contributed by atoms with Gasteiger partial charge in [-0.2, -0.15) is 0 Å². The Hall–Kier alpha value is -0.810. The Labute approximate surface area is 94.5 Å². The summed E-state index contributed by atoms with van der Waals surface area (Å²) in [6.45, 7) is 2.48. The molecule has 1 N–H and O–H groups in total. The van der Waals surface area contributed by atoms with Crippen molar-refractivity contribution in [3.05, 3.63) is 31.7 Å². The van der Waals surface area contributed by atoms with E-state index in [1.54, 1.807) is 6.07 Å². The Morgan fingerprint density at radius 1 is 1.64 bits per heavy atom. The first-order valence-electron chi connectivity index (χ1n) is 3.93. The number of benzene rings is 1. The highest BCUT2D eigenvalue weighted by molar-refractivity contribution is 9.10. The van der Waals surface area contributed by atoms with Gasteiger partial charge in [-0.15, -0.1) is 0 Å². The summed E-state index contributed by atoms with van der Waals surface area (Å²) in [4.78, 5) is 10.2. The molecule has 0 fully saturated rings. The van der Waals surface area contributed by atoms with Crippen molar-refractivity contribution < 1.29 is 4.92 Å². The van der Waals surface area contributed by atoms with Crippen molar-refractivity contribution in [1.82, 2.24) is 0 Å². The van der Waals surface area contributed by atoms with Crippen LogP contribution in [-0.4, -0.2) is 11.5 Å². The first-order valence-corrected chi connectivity index (χ1v) is 5.10. The number of anilines is 1. The molecule has 76 valence electrons. The van der Waals surface area contributed by atoms with Crippen LogP contribution in [0.3, 0.4) is 0 Å². The summed E-state index contributed by atoms with van der Waals surface area (Å²) in [5.41, 5.74) is 0.438. The molecule has 0 aliphatic rings. The number of nitro benzene ring substituents is 1. The van der Waals surface area contributed by atoms with E-state index in [2.05, 4.69) is 21.2 Å².